The summed E-state index contributed by atoms with van der Waals surface area (Å²) in [5.74, 6) is 0.248. The molecule has 0 saturated carbocycles. The molecule has 1 spiro atoms. The predicted octanol–water partition coefficient (Wildman–Crippen LogP) is 2.09. The summed E-state index contributed by atoms with van der Waals surface area (Å²) in [5, 5.41) is 3.25. The summed E-state index contributed by atoms with van der Waals surface area (Å²) < 4.78 is 5.02. The smallest absolute Gasteiger partial charge is 0.367 e. The molecule has 0 fully saturated rings. The van der Waals surface area contributed by atoms with Crippen molar-refractivity contribution in [1.82, 2.24) is 9.97 Å². The van der Waals surface area contributed by atoms with E-state index < -0.39 is 5.41 Å². The van der Waals surface area contributed by atoms with Crippen molar-refractivity contribution in [2.24, 2.45) is 0 Å². The van der Waals surface area contributed by atoms with Crippen LogP contribution in [0.25, 0.3) is 0 Å². The van der Waals surface area contributed by atoms with Gasteiger partial charge >= 0.3 is 5.97 Å². The van der Waals surface area contributed by atoms with E-state index in [1.54, 1.807) is 13.1 Å². The molecular formula is C16H15N3O3S. The number of pyridine rings is 1. The van der Waals surface area contributed by atoms with Gasteiger partial charge in [0.1, 0.15) is 5.82 Å². The average Bonchev–Trinajstić information content (AvgIpc) is 3.08. The second kappa shape index (κ2) is 5.13. The summed E-state index contributed by atoms with van der Waals surface area (Å²) >= 11 is 1.33. The predicted molar refractivity (Wildman–Crippen MR) is 84.6 cm³/mol. The lowest BCUT2D eigenvalue weighted by Gasteiger charge is -2.30. The van der Waals surface area contributed by atoms with Crippen molar-refractivity contribution in [3.8, 4) is 0 Å². The standard InChI is InChI=1S/C16H15N3O3S/c1-2-22-14(20)13-18-10-5-6-16(8-11(10)23-13)9-4-3-7-17-12(9)19-15(16)21/h3-4,7H,2,5-6,8H2,1H3,(H,17,19,21). The molecule has 0 radical (unpaired) electrons. The molecule has 1 atom stereocenters. The highest BCUT2D eigenvalue weighted by atomic mass is 32.1. The van der Waals surface area contributed by atoms with Gasteiger partial charge < -0.3 is 10.1 Å². The van der Waals surface area contributed by atoms with E-state index in [0.717, 1.165) is 16.1 Å². The molecule has 1 unspecified atom stereocenters. The van der Waals surface area contributed by atoms with E-state index in [0.29, 0.717) is 36.7 Å². The number of nitrogens with one attached hydrogen (secondary N) is 1. The fourth-order valence-corrected chi connectivity index (χ4v) is 4.47. The first-order valence-corrected chi connectivity index (χ1v) is 8.38. The number of esters is 1. The molecule has 1 aliphatic carbocycles. The maximum Gasteiger partial charge on any atom is 0.367 e. The van der Waals surface area contributed by atoms with Crippen LogP contribution in [0.1, 0.15) is 39.3 Å². The number of ether oxygens (including phenoxy) is 1. The highest BCUT2D eigenvalue weighted by molar-refractivity contribution is 7.13. The van der Waals surface area contributed by atoms with Crippen LogP contribution in [0.15, 0.2) is 18.3 Å². The number of anilines is 1. The van der Waals surface area contributed by atoms with Crippen molar-refractivity contribution in [1.29, 1.82) is 0 Å². The van der Waals surface area contributed by atoms with Crippen LogP contribution in [-0.4, -0.2) is 28.5 Å². The SMILES string of the molecule is CCOC(=O)c1nc2c(s1)CC1(CC2)C(=O)Nc2ncccc21. The average molecular weight is 329 g/mol. The molecule has 1 amide bonds. The van der Waals surface area contributed by atoms with Crippen LogP contribution in [0, 0.1) is 0 Å². The number of carbonyl (C=O) groups is 2. The molecule has 0 aromatic carbocycles. The summed E-state index contributed by atoms with van der Waals surface area (Å²) in [7, 11) is 0. The number of hydrogen-bond acceptors (Lipinski definition) is 6. The Morgan fingerprint density at radius 3 is 3.22 bits per heavy atom. The highest BCUT2D eigenvalue weighted by Crippen LogP contribution is 2.46. The van der Waals surface area contributed by atoms with Gasteiger partial charge in [-0.25, -0.2) is 14.8 Å². The number of rotatable bonds is 2. The molecule has 2 aromatic rings. The zero-order chi connectivity index (χ0) is 16.0. The van der Waals surface area contributed by atoms with Gasteiger partial charge in [0.25, 0.3) is 0 Å². The monoisotopic (exact) mass is 329 g/mol. The molecule has 118 valence electrons. The van der Waals surface area contributed by atoms with Crippen LogP contribution in [0.3, 0.4) is 0 Å². The molecular weight excluding hydrogens is 314 g/mol. The van der Waals surface area contributed by atoms with Crippen LogP contribution >= 0.6 is 11.3 Å². The van der Waals surface area contributed by atoms with Crippen LogP contribution in [0.4, 0.5) is 5.82 Å². The van der Waals surface area contributed by atoms with E-state index in [1.807, 2.05) is 12.1 Å². The Labute approximate surface area is 136 Å². The summed E-state index contributed by atoms with van der Waals surface area (Å²) in [6, 6.07) is 3.81. The number of hydrogen-bond donors (Lipinski definition) is 1. The second-order valence-electron chi connectivity index (χ2n) is 5.72. The molecule has 23 heavy (non-hydrogen) atoms. The van der Waals surface area contributed by atoms with Crippen molar-refractivity contribution < 1.29 is 14.3 Å². The van der Waals surface area contributed by atoms with Gasteiger partial charge in [0.2, 0.25) is 10.9 Å². The molecule has 3 heterocycles. The van der Waals surface area contributed by atoms with E-state index in [9.17, 15) is 9.59 Å². The molecule has 0 saturated heterocycles. The number of nitrogens with zero attached hydrogens (tertiary/aromatic N) is 2. The van der Waals surface area contributed by atoms with Crippen molar-refractivity contribution in [2.75, 3.05) is 11.9 Å². The summed E-state index contributed by atoms with van der Waals surface area (Å²) in [6.45, 7) is 2.10. The van der Waals surface area contributed by atoms with Crippen molar-refractivity contribution in [2.45, 2.75) is 31.6 Å². The van der Waals surface area contributed by atoms with Gasteiger partial charge in [-0.1, -0.05) is 6.07 Å². The van der Waals surface area contributed by atoms with Gasteiger partial charge in [0.05, 0.1) is 17.7 Å². The Kier molecular flexibility index (Phi) is 3.19. The third-order valence-corrected chi connectivity index (χ3v) is 5.55. The quantitative estimate of drug-likeness (QED) is 0.853. The van der Waals surface area contributed by atoms with Gasteiger partial charge in [0, 0.05) is 23.1 Å². The molecule has 4 rings (SSSR count). The largest absolute Gasteiger partial charge is 0.461 e. The fourth-order valence-electron chi connectivity index (χ4n) is 3.36. The van der Waals surface area contributed by atoms with Gasteiger partial charge in [-0.2, -0.15) is 0 Å². The molecule has 0 bridgehead atoms. The van der Waals surface area contributed by atoms with Crippen LogP contribution in [-0.2, 0) is 27.8 Å². The molecule has 2 aliphatic rings. The molecule has 1 N–H and O–H groups in total. The second-order valence-corrected chi connectivity index (χ2v) is 6.81. The van der Waals surface area contributed by atoms with Gasteiger partial charge in [-0.3, -0.25) is 4.79 Å². The van der Waals surface area contributed by atoms with Crippen molar-refractivity contribution in [3.63, 3.8) is 0 Å². The molecule has 7 heteroatoms. The first kappa shape index (κ1) is 14.3. The minimum atomic E-state index is -0.588. The van der Waals surface area contributed by atoms with Gasteiger partial charge in [0.15, 0.2) is 0 Å². The third kappa shape index (κ3) is 2.07. The molecule has 2 aromatic heterocycles. The Morgan fingerprint density at radius 2 is 2.39 bits per heavy atom. The highest BCUT2D eigenvalue weighted by Gasteiger charge is 2.50. The van der Waals surface area contributed by atoms with E-state index in [2.05, 4.69) is 15.3 Å². The van der Waals surface area contributed by atoms with Crippen molar-refractivity contribution >= 4 is 29.0 Å². The number of amides is 1. The minimum Gasteiger partial charge on any atom is -0.461 e. The fraction of sp³-hybridized carbons (Fsp3) is 0.375. The summed E-state index contributed by atoms with van der Waals surface area (Å²) in [5.41, 5.74) is 1.27. The van der Waals surface area contributed by atoms with E-state index >= 15 is 0 Å². The normalized spacial score (nSPS) is 21.7. The number of carbonyl (C=O) groups excluding carboxylic acids is 2. The number of aromatic nitrogens is 2. The Balaban J connectivity index is 1.72. The zero-order valence-electron chi connectivity index (χ0n) is 12.6. The minimum absolute atomic E-state index is 0.0112. The van der Waals surface area contributed by atoms with E-state index in [-0.39, 0.29) is 11.9 Å². The van der Waals surface area contributed by atoms with Crippen molar-refractivity contribution in [3.05, 3.63) is 39.5 Å². The lowest BCUT2D eigenvalue weighted by atomic mass is 9.71. The lowest BCUT2D eigenvalue weighted by molar-refractivity contribution is -0.121. The summed E-state index contributed by atoms with van der Waals surface area (Å²) in [6.07, 6.45) is 3.59. The van der Waals surface area contributed by atoms with Gasteiger partial charge in [-0.05, 0) is 25.8 Å². The first-order chi connectivity index (χ1) is 11.1. The van der Waals surface area contributed by atoms with Crippen LogP contribution < -0.4 is 5.32 Å². The van der Waals surface area contributed by atoms with E-state index in [1.165, 1.54) is 11.3 Å². The topological polar surface area (TPSA) is 81.2 Å². The third-order valence-electron chi connectivity index (χ3n) is 4.47. The molecule has 6 nitrogen and oxygen atoms in total. The Morgan fingerprint density at radius 1 is 1.52 bits per heavy atom. The lowest BCUT2D eigenvalue weighted by Crippen LogP contribution is -2.39. The Bertz CT molecular complexity index is 817. The van der Waals surface area contributed by atoms with Crippen LogP contribution in [0.2, 0.25) is 0 Å². The number of fused-ring (bicyclic) bond motifs is 3. The first-order valence-electron chi connectivity index (χ1n) is 7.56. The van der Waals surface area contributed by atoms with Crippen LogP contribution in [0.5, 0.6) is 0 Å². The zero-order valence-corrected chi connectivity index (χ0v) is 13.4. The maximum atomic E-state index is 12.6. The number of thiazole rings is 1. The number of aryl methyl sites for hydroxylation is 1. The summed E-state index contributed by atoms with van der Waals surface area (Å²) in [4.78, 5) is 34.1. The van der Waals surface area contributed by atoms with E-state index in [4.69, 9.17) is 4.74 Å². The Hall–Kier alpha value is -2.28. The molecule has 1 aliphatic heterocycles. The van der Waals surface area contributed by atoms with Gasteiger partial charge in [-0.15, -0.1) is 11.3 Å². The maximum absolute atomic E-state index is 12.6.